The van der Waals surface area contributed by atoms with E-state index in [1.165, 1.54) is 11.3 Å². The third-order valence-corrected chi connectivity index (χ3v) is 5.45. The lowest BCUT2D eigenvalue weighted by molar-refractivity contribution is 0.0979. The maximum absolute atomic E-state index is 13.3. The summed E-state index contributed by atoms with van der Waals surface area (Å²) in [6.07, 6.45) is 1.84. The zero-order chi connectivity index (χ0) is 20.4. The number of ether oxygens (including phenoxy) is 2. The second-order valence-corrected chi connectivity index (χ2v) is 7.72. The Morgan fingerprint density at radius 1 is 1.17 bits per heavy atom. The number of halogens is 1. The minimum atomic E-state index is -0.170. The van der Waals surface area contributed by atoms with E-state index in [2.05, 4.69) is 5.10 Å². The predicted octanol–water partition coefficient (Wildman–Crippen LogP) is 2.99. The number of rotatable bonds is 7. The van der Waals surface area contributed by atoms with Gasteiger partial charge in [0.2, 0.25) is 0 Å². The number of carbonyl (C=O) groups is 1. The molecular weight excluding hydrogens is 414 g/mol. The Bertz CT molecular complexity index is 960. The number of likely N-dealkylation sites (N-methyl/N-ethyl adjacent to an activating group) is 1. The van der Waals surface area contributed by atoms with Crippen molar-refractivity contribution in [1.82, 2.24) is 19.7 Å². The molecular formula is C19H26ClN5O3S. The second-order valence-electron chi connectivity index (χ2n) is 6.74. The van der Waals surface area contributed by atoms with Crippen molar-refractivity contribution in [2.75, 3.05) is 46.3 Å². The average molecular weight is 440 g/mol. The van der Waals surface area contributed by atoms with Gasteiger partial charge in [-0.3, -0.25) is 14.4 Å². The van der Waals surface area contributed by atoms with Crippen molar-refractivity contribution in [3.8, 4) is 11.5 Å². The van der Waals surface area contributed by atoms with Crippen LogP contribution < -0.4 is 14.4 Å². The molecule has 0 saturated carbocycles. The Balaban J connectivity index is 0.00000300. The standard InChI is InChI=1S/C19H25N5O3S.ClH/c1-12-11-23(4)21-15(12)18(25)24(10-9-22(2)3)19-20-16-13(26-5)7-8-14(27-6)17(16)28-19;/h7-8,11H,9-10H2,1-6H3;1H. The molecule has 0 unspecified atom stereocenters. The number of hydrogen-bond donors (Lipinski definition) is 0. The molecule has 0 N–H and O–H groups in total. The number of thiazole rings is 1. The number of amides is 1. The van der Waals surface area contributed by atoms with E-state index in [1.807, 2.05) is 44.2 Å². The normalized spacial score (nSPS) is 10.9. The largest absolute Gasteiger partial charge is 0.495 e. The predicted molar refractivity (Wildman–Crippen MR) is 118 cm³/mol. The van der Waals surface area contributed by atoms with Gasteiger partial charge in [0.1, 0.15) is 21.7 Å². The molecule has 10 heteroatoms. The van der Waals surface area contributed by atoms with Crippen LogP contribution >= 0.6 is 23.7 Å². The van der Waals surface area contributed by atoms with Crippen molar-refractivity contribution in [3.05, 3.63) is 29.6 Å². The fourth-order valence-electron chi connectivity index (χ4n) is 2.92. The van der Waals surface area contributed by atoms with Gasteiger partial charge in [0, 0.05) is 31.9 Å². The van der Waals surface area contributed by atoms with Crippen LogP contribution in [0.4, 0.5) is 5.13 Å². The third-order valence-electron chi connectivity index (χ3n) is 4.36. The number of nitrogens with zero attached hydrogens (tertiary/aromatic N) is 5. The molecule has 1 amide bonds. The molecule has 0 aliphatic heterocycles. The van der Waals surface area contributed by atoms with E-state index in [9.17, 15) is 4.79 Å². The van der Waals surface area contributed by atoms with Crippen LogP contribution in [0.1, 0.15) is 16.1 Å². The zero-order valence-electron chi connectivity index (χ0n) is 17.4. The Labute approximate surface area is 180 Å². The van der Waals surface area contributed by atoms with Gasteiger partial charge in [-0.25, -0.2) is 4.98 Å². The summed E-state index contributed by atoms with van der Waals surface area (Å²) in [7, 11) is 8.97. The van der Waals surface area contributed by atoms with Crippen LogP contribution in [-0.2, 0) is 7.05 Å². The van der Waals surface area contributed by atoms with Crippen molar-refractivity contribution >= 4 is 45.0 Å². The minimum Gasteiger partial charge on any atom is -0.495 e. The van der Waals surface area contributed by atoms with Gasteiger partial charge in [0.05, 0.1) is 14.2 Å². The molecule has 3 aromatic rings. The summed E-state index contributed by atoms with van der Waals surface area (Å²) in [4.78, 5) is 21.7. The maximum Gasteiger partial charge on any atom is 0.280 e. The van der Waals surface area contributed by atoms with E-state index in [1.54, 1.807) is 30.8 Å². The Morgan fingerprint density at radius 3 is 2.38 bits per heavy atom. The van der Waals surface area contributed by atoms with E-state index in [4.69, 9.17) is 14.5 Å². The summed E-state index contributed by atoms with van der Waals surface area (Å²) >= 11 is 1.41. The topological polar surface area (TPSA) is 72.7 Å². The van der Waals surface area contributed by atoms with E-state index in [-0.39, 0.29) is 18.3 Å². The van der Waals surface area contributed by atoms with Crippen LogP contribution in [0.5, 0.6) is 11.5 Å². The summed E-state index contributed by atoms with van der Waals surface area (Å²) < 4.78 is 13.4. The molecule has 0 fully saturated rings. The van der Waals surface area contributed by atoms with Crippen LogP contribution in [0.15, 0.2) is 18.3 Å². The number of methoxy groups -OCH3 is 2. The molecule has 2 aromatic heterocycles. The first-order valence-corrected chi connectivity index (χ1v) is 9.65. The monoisotopic (exact) mass is 439 g/mol. The van der Waals surface area contributed by atoms with Crippen molar-refractivity contribution < 1.29 is 14.3 Å². The van der Waals surface area contributed by atoms with Gasteiger partial charge in [-0.15, -0.1) is 12.4 Å². The number of aryl methyl sites for hydroxylation is 2. The summed E-state index contributed by atoms with van der Waals surface area (Å²) in [5.74, 6) is 1.18. The molecule has 0 aliphatic carbocycles. The quantitative estimate of drug-likeness (QED) is 0.563. The smallest absolute Gasteiger partial charge is 0.280 e. The number of aromatic nitrogens is 3. The number of anilines is 1. The van der Waals surface area contributed by atoms with Gasteiger partial charge >= 0.3 is 0 Å². The van der Waals surface area contributed by atoms with Gasteiger partial charge in [-0.1, -0.05) is 11.3 Å². The summed E-state index contributed by atoms with van der Waals surface area (Å²) in [6, 6.07) is 3.66. The fourth-order valence-corrected chi connectivity index (χ4v) is 4.02. The summed E-state index contributed by atoms with van der Waals surface area (Å²) in [5, 5.41) is 4.94. The van der Waals surface area contributed by atoms with Gasteiger partial charge in [0.15, 0.2) is 10.8 Å². The Hall–Kier alpha value is -2.36. The van der Waals surface area contributed by atoms with Crippen molar-refractivity contribution in [2.24, 2.45) is 7.05 Å². The molecule has 0 radical (unpaired) electrons. The Morgan fingerprint density at radius 2 is 1.83 bits per heavy atom. The lowest BCUT2D eigenvalue weighted by Crippen LogP contribution is -2.37. The molecule has 3 rings (SSSR count). The highest BCUT2D eigenvalue weighted by Gasteiger charge is 2.26. The molecule has 0 spiro atoms. The van der Waals surface area contributed by atoms with Crippen molar-refractivity contribution in [2.45, 2.75) is 6.92 Å². The van der Waals surface area contributed by atoms with Crippen LogP contribution in [0.25, 0.3) is 10.2 Å². The van der Waals surface area contributed by atoms with Crippen LogP contribution in [0.2, 0.25) is 0 Å². The fraction of sp³-hybridized carbons (Fsp3) is 0.421. The highest BCUT2D eigenvalue weighted by atomic mass is 35.5. The summed E-state index contributed by atoms with van der Waals surface area (Å²) in [5.41, 5.74) is 1.94. The lowest BCUT2D eigenvalue weighted by atomic mass is 10.2. The van der Waals surface area contributed by atoms with Crippen LogP contribution in [0, 0.1) is 6.92 Å². The van der Waals surface area contributed by atoms with Gasteiger partial charge in [-0.05, 0) is 33.2 Å². The van der Waals surface area contributed by atoms with Gasteiger partial charge in [-0.2, -0.15) is 5.10 Å². The first kappa shape index (κ1) is 22.9. The first-order chi connectivity index (χ1) is 13.3. The first-order valence-electron chi connectivity index (χ1n) is 8.84. The second kappa shape index (κ2) is 9.43. The molecule has 1 aromatic carbocycles. The van der Waals surface area contributed by atoms with Crippen molar-refractivity contribution in [3.63, 3.8) is 0 Å². The molecule has 158 valence electrons. The molecule has 29 heavy (non-hydrogen) atoms. The number of carbonyl (C=O) groups excluding carboxylic acids is 1. The van der Waals surface area contributed by atoms with E-state index < -0.39 is 0 Å². The maximum atomic E-state index is 13.3. The van der Waals surface area contributed by atoms with E-state index in [0.717, 1.165) is 10.3 Å². The molecule has 0 aliphatic rings. The summed E-state index contributed by atoms with van der Waals surface area (Å²) in [6.45, 7) is 3.07. The Kier molecular flexibility index (Phi) is 7.45. The minimum absolute atomic E-state index is 0. The number of hydrogen-bond acceptors (Lipinski definition) is 7. The number of fused-ring (bicyclic) bond motifs is 1. The molecule has 0 bridgehead atoms. The molecule has 8 nitrogen and oxygen atoms in total. The highest BCUT2D eigenvalue weighted by molar-refractivity contribution is 7.22. The van der Waals surface area contributed by atoms with E-state index in [0.29, 0.717) is 40.9 Å². The van der Waals surface area contributed by atoms with Crippen LogP contribution in [-0.4, -0.2) is 67.0 Å². The van der Waals surface area contributed by atoms with Crippen molar-refractivity contribution in [1.29, 1.82) is 0 Å². The van der Waals surface area contributed by atoms with E-state index >= 15 is 0 Å². The average Bonchev–Trinajstić information content (AvgIpc) is 3.23. The molecule has 2 heterocycles. The SMILES string of the molecule is COc1ccc(OC)c2sc(N(CCN(C)C)C(=O)c3nn(C)cc3C)nc12.Cl. The lowest BCUT2D eigenvalue weighted by Gasteiger charge is -2.21. The molecule has 0 saturated heterocycles. The highest BCUT2D eigenvalue weighted by Crippen LogP contribution is 2.40. The van der Waals surface area contributed by atoms with Gasteiger partial charge in [0.25, 0.3) is 5.91 Å². The van der Waals surface area contributed by atoms with Gasteiger partial charge < -0.3 is 14.4 Å². The number of benzene rings is 1. The molecule has 0 atom stereocenters. The van der Waals surface area contributed by atoms with Crippen LogP contribution in [0.3, 0.4) is 0 Å². The third kappa shape index (κ3) is 4.63. The zero-order valence-corrected chi connectivity index (χ0v) is 19.1.